The molecule has 0 aromatic carbocycles. The predicted molar refractivity (Wildman–Crippen MR) is 98.8 cm³/mol. The molecule has 0 N–H and O–H groups in total. The first-order valence-corrected chi connectivity index (χ1v) is 11.2. The maximum atomic E-state index is 6.60. The first-order chi connectivity index (χ1) is 11.5. The van der Waals surface area contributed by atoms with E-state index < -0.39 is 0 Å². The molecule has 1 nitrogen and oxygen atoms in total. The van der Waals surface area contributed by atoms with Gasteiger partial charge in [-0.15, -0.1) is 0 Å². The monoisotopic (exact) mass is 330 g/mol. The van der Waals surface area contributed by atoms with Crippen molar-refractivity contribution in [1.29, 1.82) is 0 Å². The van der Waals surface area contributed by atoms with Crippen LogP contribution >= 0.6 is 0 Å². The summed E-state index contributed by atoms with van der Waals surface area (Å²) in [6.45, 7) is 8.87. The second-order valence-electron chi connectivity index (χ2n) is 10.8. The third-order valence-corrected chi connectivity index (χ3v) is 10.5. The number of hydrogen-bond acceptors (Lipinski definition) is 1. The molecule has 0 bridgehead atoms. The lowest BCUT2D eigenvalue weighted by atomic mass is 9.44. The van der Waals surface area contributed by atoms with E-state index >= 15 is 0 Å². The lowest BCUT2D eigenvalue weighted by Crippen LogP contribution is -2.57. The summed E-state index contributed by atoms with van der Waals surface area (Å²) >= 11 is 0. The van der Waals surface area contributed by atoms with Crippen molar-refractivity contribution in [3.8, 4) is 0 Å². The highest BCUT2D eigenvalue weighted by molar-refractivity contribution is 5.16. The highest BCUT2D eigenvalue weighted by atomic mass is 16.5. The zero-order valence-corrected chi connectivity index (χ0v) is 16.3. The van der Waals surface area contributed by atoms with Crippen LogP contribution in [0.5, 0.6) is 0 Å². The van der Waals surface area contributed by atoms with Gasteiger partial charge in [-0.25, -0.2) is 0 Å². The van der Waals surface area contributed by atoms with E-state index in [4.69, 9.17) is 4.74 Å². The van der Waals surface area contributed by atoms with Gasteiger partial charge in [-0.3, -0.25) is 0 Å². The quantitative estimate of drug-likeness (QED) is 0.512. The number of fused-ring (bicyclic) bond motifs is 6. The summed E-state index contributed by atoms with van der Waals surface area (Å²) in [5.41, 5.74) is 1.40. The van der Waals surface area contributed by atoms with Crippen LogP contribution in [0.25, 0.3) is 0 Å². The van der Waals surface area contributed by atoms with Gasteiger partial charge in [0.05, 0.1) is 5.60 Å². The molecule has 5 rings (SSSR count). The van der Waals surface area contributed by atoms with Crippen molar-refractivity contribution in [2.45, 2.75) is 97.0 Å². The molecule has 5 aliphatic rings. The molecule has 5 fully saturated rings. The van der Waals surface area contributed by atoms with Crippen molar-refractivity contribution in [3.63, 3.8) is 0 Å². The summed E-state index contributed by atoms with van der Waals surface area (Å²) in [4.78, 5) is 0. The van der Waals surface area contributed by atoms with Crippen LogP contribution in [0.15, 0.2) is 0 Å². The topological polar surface area (TPSA) is 9.23 Å². The molecule has 1 unspecified atom stereocenters. The van der Waals surface area contributed by atoms with Gasteiger partial charge in [-0.1, -0.05) is 33.6 Å². The molecular formula is C23H38O. The van der Waals surface area contributed by atoms with Crippen molar-refractivity contribution in [2.75, 3.05) is 6.61 Å². The Morgan fingerprint density at radius 2 is 1.62 bits per heavy atom. The minimum atomic E-state index is 0.243. The number of hydrogen-bond donors (Lipinski definition) is 0. The molecule has 1 saturated heterocycles. The van der Waals surface area contributed by atoms with E-state index in [0.29, 0.717) is 10.8 Å². The van der Waals surface area contributed by atoms with Gasteiger partial charge in [0.25, 0.3) is 0 Å². The van der Waals surface area contributed by atoms with Gasteiger partial charge in [-0.05, 0) is 98.2 Å². The molecule has 1 spiro atoms. The van der Waals surface area contributed by atoms with E-state index in [1.54, 1.807) is 0 Å². The third kappa shape index (κ3) is 1.81. The molecule has 136 valence electrons. The van der Waals surface area contributed by atoms with Gasteiger partial charge in [0.2, 0.25) is 0 Å². The van der Waals surface area contributed by atoms with Gasteiger partial charge in [0, 0.05) is 6.61 Å². The lowest BCUT2D eigenvalue weighted by Gasteiger charge is -2.61. The average molecular weight is 331 g/mol. The van der Waals surface area contributed by atoms with E-state index in [1.165, 1.54) is 70.6 Å². The summed E-state index contributed by atoms with van der Waals surface area (Å²) in [7, 11) is 0. The van der Waals surface area contributed by atoms with Crippen LogP contribution in [0, 0.1) is 40.4 Å². The summed E-state index contributed by atoms with van der Waals surface area (Å²) in [5, 5.41) is 0. The maximum absolute atomic E-state index is 6.60. The Kier molecular flexibility index (Phi) is 3.53. The fourth-order valence-corrected chi connectivity index (χ4v) is 9.17. The van der Waals surface area contributed by atoms with Gasteiger partial charge >= 0.3 is 0 Å². The summed E-state index contributed by atoms with van der Waals surface area (Å²) in [6, 6.07) is 0. The second-order valence-corrected chi connectivity index (χ2v) is 10.8. The van der Waals surface area contributed by atoms with E-state index in [9.17, 15) is 0 Å². The largest absolute Gasteiger partial charge is 0.374 e. The van der Waals surface area contributed by atoms with Crippen LogP contribution in [-0.2, 0) is 4.74 Å². The van der Waals surface area contributed by atoms with Crippen LogP contribution in [0.4, 0.5) is 0 Å². The highest BCUT2D eigenvalue weighted by Crippen LogP contribution is 2.70. The van der Waals surface area contributed by atoms with Crippen molar-refractivity contribution < 1.29 is 4.74 Å². The predicted octanol–water partition coefficient (Wildman–Crippen LogP) is 6.21. The number of rotatable bonds is 0. The van der Waals surface area contributed by atoms with Crippen LogP contribution < -0.4 is 0 Å². The van der Waals surface area contributed by atoms with Crippen molar-refractivity contribution >= 4 is 0 Å². The summed E-state index contributed by atoms with van der Waals surface area (Å²) in [5.74, 6) is 4.83. The van der Waals surface area contributed by atoms with E-state index in [0.717, 1.165) is 36.2 Å². The first-order valence-electron chi connectivity index (χ1n) is 11.2. The molecule has 1 aliphatic heterocycles. The number of ether oxygens (including phenoxy) is 1. The Labute approximate surface area is 149 Å². The van der Waals surface area contributed by atoms with E-state index in [-0.39, 0.29) is 5.60 Å². The Bertz CT molecular complexity index is 514. The van der Waals surface area contributed by atoms with Gasteiger partial charge < -0.3 is 4.74 Å². The molecular weight excluding hydrogens is 292 g/mol. The lowest BCUT2D eigenvalue weighted by molar-refractivity contribution is -0.165. The smallest absolute Gasteiger partial charge is 0.0764 e. The fourth-order valence-electron chi connectivity index (χ4n) is 9.17. The molecule has 1 heterocycles. The maximum Gasteiger partial charge on any atom is 0.0764 e. The Balaban J connectivity index is 1.48. The van der Waals surface area contributed by atoms with Crippen LogP contribution in [0.3, 0.4) is 0 Å². The zero-order valence-electron chi connectivity index (χ0n) is 16.3. The third-order valence-electron chi connectivity index (χ3n) is 10.5. The Hall–Kier alpha value is -0.0400. The molecule has 8 atom stereocenters. The van der Waals surface area contributed by atoms with Crippen molar-refractivity contribution in [3.05, 3.63) is 0 Å². The molecule has 0 amide bonds. The molecule has 0 aromatic heterocycles. The van der Waals surface area contributed by atoms with Crippen LogP contribution in [0.2, 0.25) is 0 Å². The minimum Gasteiger partial charge on any atom is -0.374 e. The average Bonchev–Trinajstić information content (AvgIpc) is 3.09. The van der Waals surface area contributed by atoms with E-state index in [1.807, 2.05) is 0 Å². The molecule has 0 aromatic rings. The molecule has 1 heteroatoms. The molecule has 4 saturated carbocycles. The Morgan fingerprint density at radius 3 is 2.42 bits per heavy atom. The van der Waals surface area contributed by atoms with Gasteiger partial charge in [0.1, 0.15) is 0 Å². The van der Waals surface area contributed by atoms with E-state index in [2.05, 4.69) is 20.8 Å². The van der Waals surface area contributed by atoms with Crippen LogP contribution in [-0.4, -0.2) is 12.2 Å². The second kappa shape index (κ2) is 5.24. The van der Waals surface area contributed by atoms with Crippen molar-refractivity contribution in [1.82, 2.24) is 0 Å². The molecule has 24 heavy (non-hydrogen) atoms. The van der Waals surface area contributed by atoms with Crippen LogP contribution in [0.1, 0.15) is 91.4 Å². The highest BCUT2D eigenvalue weighted by Gasteiger charge is 2.67. The van der Waals surface area contributed by atoms with Gasteiger partial charge in [-0.2, -0.15) is 0 Å². The summed E-state index contributed by atoms with van der Waals surface area (Å²) < 4.78 is 6.60. The normalized spacial score (nSPS) is 59.9. The standard InChI is InChI=1S/C23H38O/c1-16-11-15-24-23(16)14-10-20-18-8-7-17-6-4-5-12-21(17,2)19(18)9-13-22(20,23)3/h16-20H,4-15H2,1-3H3/t16-,17?,18+,19-,20-,21-,22-,23-/m0/s1. The Morgan fingerprint density at radius 1 is 0.792 bits per heavy atom. The first kappa shape index (κ1) is 16.2. The summed E-state index contributed by atoms with van der Waals surface area (Å²) in [6.07, 6.45) is 16.2. The molecule has 0 radical (unpaired) electrons. The molecule has 4 aliphatic carbocycles. The SMILES string of the molecule is C[C@H]1CCO[C@@]12CC[C@H]1[C@@H]3CCC4CCCC[C@]4(C)[C@H]3CC[C@@]12C. The fraction of sp³-hybridized carbons (Fsp3) is 1.00. The minimum absolute atomic E-state index is 0.243. The van der Waals surface area contributed by atoms with Gasteiger partial charge in [0.15, 0.2) is 0 Å². The van der Waals surface area contributed by atoms with Crippen molar-refractivity contribution in [2.24, 2.45) is 40.4 Å². The zero-order chi connectivity index (χ0) is 16.6.